The number of rotatable bonds is 3. The van der Waals surface area contributed by atoms with E-state index in [1.165, 1.54) is 17.7 Å². The summed E-state index contributed by atoms with van der Waals surface area (Å²) in [4.78, 5) is 24.5. The minimum atomic E-state index is -0.419. The standard InChI is InChI=1S/C18H14BrNO4/c1-24-18(23)16-4-2-13(8-12(16)10-19)20-7-6-11-9-14(21)3-5-15(11)17(20)22/h2-9,21H,10H2,1H3. The SMILES string of the molecule is COC(=O)c1ccc(-n2ccc3cc(O)ccc3c2=O)cc1CBr. The molecular weight excluding hydrogens is 374 g/mol. The lowest BCUT2D eigenvalue weighted by molar-refractivity contribution is 0.0600. The summed E-state index contributed by atoms with van der Waals surface area (Å²) < 4.78 is 6.27. The van der Waals surface area contributed by atoms with E-state index in [1.54, 1.807) is 42.6 Å². The van der Waals surface area contributed by atoms with E-state index in [1.807, 2.05) is 0 Å². The average molecular weight is 388 g/mol. The minimum absolute atomic E-state index is 0.114. The van der Waals surface area contributed by atoms with Crippen molar-refractivity contribution in [3.05, 3.63) is 70.1 Å². The molecule has 1 N–H and O–H groups in total. The van der Waals surface area contributed by atoms with Gasteiger partial charge in [-0.1, -0.05) is 15.9 Å². The van der Waals surface area contributed by atoms with Crippen molar-refractivity contribution in [2.45, 2.75) is 5.33 Å². The molecule has 5 nitrogen and oxygen atoms in total. The number of aromatic hydroxyl groups is 1. The van der Waals surface area contributed by atoms with Crippen LogP contribution in [0, 0.1) is 0 Å². The average Bonchev–Trinajstić information content (AvgIpc) is 2.60. The molecule has 122 valence electrons. The van der Waals surface area contributed by atoms with Gasteiger partial charge in [0.25, 0.3) is 5.56 Å². The van der Waals surface area contributed by atoms with Gasteiger partial charge in [-0.3, -0.25) is 9.36 Å². The molecule has 24 heavy (non-hydrogen) atoms. The van der Waals surface area contributed by atoms with Crippen molar-refractivity contribution in [2.24, 2.45) is 0 Å². The second-order valence-electron chi connectivity index (χ2n) is 5.23. The Morgan fingerprint density at radius 2 is 2.00 bits per heavy atom. The number of alkyl halides is 1. The van der Waals surface area contributed by atoms with Gasteiger partial charge in [0.05, 0.1) is 12.7 Å². The molecule has 0 aliphatic heterocycles. The van der Waals surface area contributed by atoms with Crippen molar-refractivity contribution >= 4 is 32.7 Å². The maximum Gasteiger partial charge on any atom is 0.338 e. The number of phenolic OH excluding ortho intramolecular Hbond substituents is 1. The molecule has 1 aromatic heterocycles. The number of aromatic nitrogens is 1. The van der Waals surface area contributed by atoms with E-state index in [-0.39, 0.29) is 11.3 Å². The number of halogens is 1. The first-order valence-corrected chi connectivity index (χ1v) is 8.29. The molecule has 0 atom stereocenters. The van der Waals surface area contributed by atoms with Crippen LogP contribution >= 0.6 is 15.9 Å². The number of benzene rings is 2. The number of hydrogen-bond donors (Lipinski definition) is 1. The molecule has 3 aromatic rings. The van der Waals surface area contributed by atoms with E-state index in [0.29, 0.717) is 27.4 Å². The molecule has 2 aromatic carbocycles. The normalized spacial score (nSPS) is 10.8. The fraction of sp³-hybridized carbons (Fsp3) is 0.111. The molecule has 0 saturated heterocycles. The van der Waals surface area contributed by atoms with Crippen molar-refractivity contribution in [3.8, 4) is 11.4 Å². The van der Waals surface area contributed by atoms with Crippen LogP contribution in [0.15, 0.2) is 53.5 Å². The molecule has 0 aliphatic carbocycles. The van der Waals surface area contributed by atoms with Gasteiger partial charge in [-0.05, 0) is 53.4 Å². The van der Waals surface area contributed by atoms with Crippen molar-refractivity contribution in [2.75, 3.05) is 7.11 Å². The summed E-state index contributed by atoms with van der Waals surface area (Å²) in [5, 5.41) is 11.2. The van der Waals surface area contributed by atoms with E-state index in [9.17, 15) is 14.7 Å². The number of methoxy groups -OCH3 is 1. The molecule has 0 amide bonds. The monoisotopic (exact) mass is 387 g/mol. The Bertz CT molecular complexity index is 994. The minimum Gasteiger partial charge on any atom is -0.508 e. The lowest BCUT2D eigenvalue weighted by Gasteiger charge is -2.11. The van der Waals surface area contributed by atoms with Gasteiger partial charge in [-0.15, -0.1) is 0 Å². The number of ether oxygens (including phenoxy) is 1. The van der Waals surface area contributed by atoms with Crippen molar-refractivity contribution in [3.63, 3.8) is 0 Å². The number of carbonyl (C=O) groups is 1. The van der Waals surface area contributed by atoms with Crippen LogP contribution in [0.25, 0.3) is 16.5 Å². The third kappa shape index (κ3) is 2.80. The van der Waals surface area contributed by atoms with Crippen LogP contribution in [0.5, 0.6) is 5.75 Å². The van der Waals surface area contributed by atoms with E-state index in [4.69, 9.17) is 4.74 Å². The van der Waals surface area contributed by atoms with Crippen LogP contribution in [0.2, 0.25) is 0 Å². The number of nitrogens with zero attached hydrogens (tertiary/aromatic N) is 1. The maximum atomic E-state index is 12.7. The zero-order valence-corrected chi connectivity index (χ0v) is 14.4. The number of hydrogen-bond acceptors (Lipinski definition) is 4. The summed E-state index contributed by atoms with van der Waals surface area (Å²) in [5.74, 6) is -0.305. The maximum absolute atomic E-state index is 12.7. The summed E-state index contributed by atoms with van der Waals surface area (Å²) in [6.45, 7) is 0. The van der Waals surface area contributed by atoms with Gasteiger partial charge in [0, 0.05) is 22.6 Å². The molecule has 0 spiro atoms. The van der Waals surface area contributed by atoms with E-state index >= 15 is 0 Å². The number of carbonyl (C=O) groups excluding carboxylic acids is 1. The first kappa shape index (κ1) is 16.3. The Morgan fingerprint density at radius 3 is 2.71 bits per heavy atom. The van der Waals surface area contributed by atoms with E-state index < -0.39 is 5.97 Å². The molecule has 0 saturated carbocycles. The molecule has 0 bridgehead atoms. The summed E-state index contributed by atoms with van der Waals surface area (Å²) in [5.41, 5.74) is 1.64. The zero-order valence-electron chi connectivity index (χ0n) is 12.8. The third-order valence-electron chi connectivity index (χ3n) is 3.80. The molecule has 3 rings (SSSR count). The predicted molar refractivity (Wildman–Crippen MR) is 95.2 cm³/mol. The lowest BCUT2D eigenvalue weighted by atomic mass is 10.1. The van der Waals surface area contributed by atoms with Gasteiger partial charge in [0.2, 0.25) is 0 Å². The smallest absolute Gasteiger partial charge is 0.338 e. The molecular formula is C18H14BrNO4. The molecule has 0 radical (unpaired) electrons. The highest BCUT2D eigenvalue weighted by Gasteiger charge is 2.13. The summed E-state index contributed by atoms with van der Waals surface area (Å²) in [6.07, 6.45) is 1.65. The fourth-order valence-electron chi connectivity index (χ4n) is 2.59. The largest absolute Gasteiger partial charge is 0.508 e. The molecule has 6 heteroatoms. The zero-order chi connectivity index (χ0) is 17.3. The van der Waals surface area contributed by atoms with Crippen molar-refractivity contribution < 1.29 is 14.6 Å². The number of esters is 1. The second-order valence-corrected chi connectivity index (χ2v) is 5.79. The molecule has 0 fully saturated rings. The fourth-order valence-corrected chi connectivity index (χ4v) is 3.05. The molecule has 1 heterocycles. The summed E-state index contributed by atoms with van der Waals surface area (Å²) in [7, 11) is 1.33. The van der Waals surface area contributed by atoms with Gasteiger partial charge in [0.15, 0.2) is 0 Å². The highest BCUT2D eigenvalue weighted by atomic mass is 79.9. The Kier molecular flexibility index (Phi) is 4.40. The van der Waals surface area contributed by atoms with Crippen LogP contribution in [0.1, 0.15) is 15.9 Å². The van der Waals surface area contributed by atoms with Crippen molar-refractivity contribution in [1.82, 2.24) is 4.57 Å². The van der Waals surface area contributed by atoms with Gasteiger partial charge in [-0.2, -0.15) is 0 Å². The van der Waals surface area contributed by atoms with Crippen molar-refractivity contribution in [1.29, 1.82) is 0 Å². The first-order valence-electron chi connectivity index (χ1n) is 7.17. The molecule has 0 unspecified atom stereocenters. The Morgan fingerprint density at radius 1 is 1.21 bits per heavy atom. The number of pyridine rings is 1. The van der Waals surface area contributed by atoms with E-state index in [0.717, 1.165) is 5.56 Å². The molecule has 0 aliphatic rings. The number of fused-ring (bicyclic) bond motifs is 1. The second kappa shape index (κ2) is 6.49. The first-order chi connectivity index (χ1) is 11.5. The van der Waals surface area contributed by atoms with Gasteiger partial charge < -0.3 is 9.84 Å². The highest BCUT2D eigenvalue weighted by Crippen LogP contribution is 2.21. The predicted octanol–water partition coefficient (Wildman–Crippen LogP) is 3.38. The van der Waals surface area contributed by atoms with Crippen LogP contribution in [0.3, 0.4) is 0 Å². The van der Waals surface area contributed by atoms with Crippen LogP contribution < -0.4 is 5.56 Å². The topological polar surface area (TPSA) is 68.5 Å². The Labute approximate surface area is 146 Å². The Hall–Kier alpha value is -2.60. The summed E-state index contributed by atoms with van der Waals surface area (Å²) >= 11 is 3.36. The van der Waals surface area contributed by atoms with Crippen LogP contribution in [-0.4, -0.2) is 22.8 Å². The highest BCUT2D eigenvalue weighted by molar-refractivity contribution is 9.08. The number of phenols is 1. The Balaban J connectivity index is 2.17. The van der Waals surface area contributed by atoms with Gasteiger partial charge in [-0.25, -0.2) is 4.79 Å². The van der Waals surface area contributed by atoms with Crippen LogP contribution in [0.4, 0.5) is 0 Å². The third-order valence-corrected chi connectivity index (χ3v) is 4.41. The van der Waals surface area contributed by atoms with Gasteiger partial charge in [0.1, 0.15) is 5.75 Å². The van der Waals surface area contributed by atoms with E-state index in [2.05, 4.69) is 15.9 Å². The quantitative estimate of drug-likeness (QED) is 0.552. The van der Waals surface area contributed by atoms with Crippen LogP contribution in [-0.2, 0) is 10.1 Å². The summed E-state index contributed by atoms with van der Waals surface area (Å²) in [6, 6.07) is 11.5. The van der Waals surface area contributed by atoms with Gasteiger partial charge >= 0.3 is 5.97 Å². The lowest BCUT2D eigenvalue weighted by Crippen LogP contribution is -2.18.